The van der Waals surface area contributed by atoms with Crippen molar-refractivity contribution < 1.29 is 27.5 Å². The lowest BCUT2D eigenvalue weighted by Crippen LogP contribution is -2.26. The van der Waals surface area contributed by atoms with E-state index in [0.717, 1.165) is 6.07 Å². The Bertz CT molecular complexity index is 864. The third-order valence-corrected chi connectivity index (χ3v) is 3.98. The SMILES string of the molecule is CCOC(=O)C1=C(c2ccc[nH]2)Cc2cccc(C(F)(F)F)c2C1=O. The van der Waals surface area contributed by atoms with Gasteiger partial charge in [-0.1, -0.05) is 12.1 Å². The van der Waals surface area contributed by atoms with Crippen molar-refractivity contribution >= 4 is 17.3 Å². The number of carbonyl (C=O) groups is 2. The van der Waals surface area contributed by atoms with Gasteiger partial charge in [-0.25, -0.2) is 4.79 Å². The lowest BCUT2D eigenvalue weighted by molar-refractivity contribution is -0.139. The maximum atomic E-state index is 13.3. The number of alkyl halides is 3. The molecule has 1 N–H and O–H groups in total. The third kappa shape index (κ3) is 2.97. The number of Topliss-reactive ketones (excluding diaryl/α,β-unsaturated/α-hetero) is 1. The Morgan fingerprint density at radius 3 is 2.60 bits per heavy atom. The molecule has 0 bridgehead atoms. The van der Waals surface area contributed by atoms with Gasteiger partial charge in [0.15, 0.2) is 0 Å². The second-order valence-electron chi connectivity index (χ2n) is 5.50. The number of H-pyrrole nitrogens is 1. The average molecular weight is 349 g/mol. The molecule has 0 aliphatic heterocycles. The number of fused-ring (bicyclic) bond motifs is 1. The maximum Gasteiger partial charge on any atom is 0.417 e. The molecule has 0 amide bonds. The second-order valence-corrected chi connectivity index (χ2v) is 5.50. The van der Waals surface area contributed by atoms with Gasteiger partial charge in [-0.3, -0.25) is 4.79 Å². The van der Waals surface area contributed by atoms with Gasteiger partial charge in [0.25, 0.3) is 0 Å². The van der Waals surface area contributed by atoms with Crippen LogP contribution in [-0.2, 0) is 22.1 Å². The summed E-state index contributed by atoms with van der Waals surface area (Å²) in [5, 5.41) is 0. The number of benzene rings is 1. The highest BCUT2D eigenvalue weighted by Crippen LogP contribution is 2.39. The molecule has 0 radical (unpaired) electrons. The highest BCUT2D eigenvalue weighted by atomic mass is 19.4. The van der Waals surface area contributed by atoms with E-state index >= 15 is 0 Å². The summed E-state index contributed by atoms with van der Waals surface area (Å²) in [6.45, 7) is 1.58. The number of aromatic nitrogens is 1. The molecule has 0 spiro atoms. The van der Waals surface area contributed by atoms with Gasteiger partial charge in [-0.2, -0.15) is 13.2 Å². The zero-order chi connectivity index (χ0) is 18.2. The Kier molecular flexibility index (Phi) is 4.24. The molecular weight excluding hydrogens is 335 g/mol. The van der Waals surface area contributed by atoms with E-state index in [-0.39, 0.29) is 24.2 Å². The molecular formula is C18H14F3NO3. The topological polar surface area (TPSA) is 59.2 Å². The summed E-state index contributed by atoms with van der Waals surface area (Å²) in [6.07, 6.45) is -3.05. The molecule has 25 heavy (non-hydrogen) atoms. The van der Waals surface area contributed by atoms with Gasteiger partial charge in [0.05, 0.1) is 12.2 Å². The summed E-state index contributed by atoms with van der Waals surface area (Å²) in [4.78, 5) is 28.0. The van der Waals surface area contributed by atoms with Crippen LogP contribution >= 0.6 is 0 Å². The van der Waals surface area contributed by atoms with E-state index in [0.29, 0.717) is 11.3 Å². The number of carbonyl (C=O) groups excluding carboxylic acids is 2. The zero-order valence-electron chi connectivity index (χ0n) is 13.2. The van der Waals surface area contributed by atoms with Crippen molar-refractivity contribution in [2.24, 2.45) is 0 Å². The number of ketones is 1. The molecule has 130 valence electrons. The van der Waals surface area contributed by atoms with Crippen molar-refractivity contribution in [3.8, 4) is 0 Å². The molecule has 0 saturated heterocycles. The number of halogens is 3. The summed E-state index contributed by atoms with van der Waals surface area (Å²) >= 11 is 0. The van der Waals surface area contributed by atoms with E-state index in [1.165, 1.54) is 12.1 Å². The van der Waals surface area contributed by atoms with Gasteiger partial charge in [0.1, 0.15) is 5.57 Å². The Hall–Kier alpha value is -2.83. The van der Waals surface area contributed by atoms with Gasteiger partial charge >= 0.3 is 12.1 Å². The summed E-state index contributed by atoms with van der Waals surface area (Å²) in [5.41, 5.74) is -0.804. The lowest BCUT2D eigenvalue weighted by Gasteiger charge is -2.23. The van der Waals surface area contributed by atoms with Crippen LogP contribution < -0.4 is 0 Å². The van der Waals surface area contributed by atoms with Crippen molar-refractivity contribution in [2.45, 2.75) is 19.5 Å². The van der Waals surface area contributed by atoms with E-state index < -0.39 is 29.1 Å². The van der Waals surface area contributed by atoms with Crippen LogP contribution in [-0.4, -0.2) is 23.3 Å². The van der Waals surface area contributed by atoms with Crippen LogP contribution in [0.25, 0.3) is 5.57 Å². The summed E-state index contributed by atoms with van der Waals surface area (Å²) in [6, 6.07) is 6.90. The molecule has 1 aliphatic rings. The molecule has 1 aliphatic carbocycles. The largest absolute Gasteiger partial charge is 0.462 e. The van der Waals surface area contributed by atoms with E-state index in [1.54, 1.807) is 25.3 Å². The molecule has 2 aromatic rings. The van der Waals surface area contributed by atoms with Crippen LogP contribution in [0, 0.1) is 0 Å². The van der Waals surface area contributed by atoms with E-state index in [4.69, 9.17) is 4.74 Å². The summed E-state index contributed by atoms with van der Waals surface area (Å²) in [5.74, 6) is -1.88. The maximum absolute atomic E-state index is 13.3. The first-order chi connectivity index (χ1) is 11.8. The monoisotopic (exact) mass is 349 g/mol. The van der Waals surface area contributed by atoms with Crippen molar-refractivity contribution in [1.82, 2.24) is 4.98 Å². The first-order valence-corrected chi connectivity index (χ1v) is 7.62. The van der Waals surface area contributed by atoms with Crippen molar-refractivity contribution in [2.75, 3.05) is 6.61 Å². The first kappa shape index (κ1) is 17.0. The molecule has 1 aromatic carbocycles. The van der Waals surface area contributed by atoms with Crippen LogP contribution in [0.4, 0.5) is 13.2 Å². The number of allylic oxidation sites excluding steroid dienone is 1. The Balaban J connectivity index is 2.22. The predicted molar refractivity (Wildman–Crippen MR) is 83.8 cm³/mol. The molecule has 0 fully saturated rings. The van der Waals surface area contributed by atoms with Crippen LogP contribution in [0.2, 0.25) is 0 Å². The lowest BCUT2D eigenvalue weighted by atomic mass is 9.81. The van der Waals surface area contributed by atoms with Crippen LogP contribution in [0.3, 0.4) is 0 Å². The molecule has 0 atom stereocenters. The zero-order valence-corrected chi connectivity index (χ0v) is 13.2. The fourth-order valence-electron chi connectivity index (χ4n) is 2.96. The van der Waals surface area contributed by atoms with Crippen LogP contribution in [0.5, 0.6) is 0 Å². The van der Waals surface area contributed by atoms with Gasteiger partial charge in [0, 0.05) is 23.9 Å². The average Bonchev–Trinajstić information content (AvgIpc) is 3.07. The number of esters is 1. The number of nitrogens with one attached hydrogen (secondary N) is 1. The van der Waals surface area contributed by atoms with E-state index in [9.17, 15) is 22.8 Å². The molecule has 1 aromatic heterocycles. The number of ether oxygens (including phenoxy) is 1. The fraction of sp³-hybridized carbons (Fsp3) is 0.222. The van der Waals surface area contributed by atoms with Crippen LogP contribution in [0.15, 0.2) is 42.1 Å². The van der Waals surface area contributed by atoms with Gasteiger partial charge in [0.2, 0.25) is 5.78 Å². The number of aromatic amines is 1. The standard InChI is InChI=1S/C18H14F3NO3/c1-2-25-17(24)15-11(13-7-4-8-22-13)9-10-5-3-6-12(18(19,20)21)14(10)16(15)23/h3-8,22H,2,9H2,1H3. The molecule has 1 heterocycles. The minimum atomic E-state index is -4.69. The number of hydrogen-bond acceptors (Lipinski definition) is 3. The summed E-state index contributed by atoms with van der Waals surface area (Å²) < 4.78 is 44.8. The van der Waals surface area contributed by atoms with Crippen molar-refractivity contribution in [3.05, 3.63) is 64.5 Å². The summed E-state index contributed by atoms with van der Waals surface area (Å²) in [7, 11) is 0. The normalized spacial score (nSPS) is 14.5. The quantitative estimate of drug-likeness (QED) is 0.677. The highest BCUT2D eigenvalue weighted by molar-refractivity contribution is 6.30. The minimum absolute atomic E-state index is 0.0153. The van der Waals surface area contributed by atoms with Crippen molar-refractivity contribution in [1.29, 1.82) is 0 Å². The predicted octanol–water partition coefficient (Wildman–Crippen LogP) is 3.79. The van der Waals surface area contributed by atoms with E-state index in [2.05, 4.69) is 4.98 Å². The molecule has 0 unspecified atom stereocenters. The Labute approximate surface area is 141 Å². The Morgan fingerprint density at radius 2 is 2.00 bits per heavy atom. The number of rotatable bonds is 3. The molecule has 3 rings (SSSR count). The molecule has 4 nitrogen and oxygen atoms in total. The fourth-order valence-corrected chi connectivity index (χ4v) is 2.96. The van der Waals surface area contributed by atoms with Crippen molar-refractivity contribution in [3.63, 3.8) is 0 Å². The highest BCUT2D eigenvalue weighted by Gasteiger charge is 2.41. The number of hydrogen-bond donors (Lipinski definition) is 1. The first-order valence-electron chi connectivity index (χ1n) is 7.62. The van der Waals surface area contributed by atoms with Crippen LogP contribution in [0.1, 0.15) is 34.1 Å². The second kappa shape index (κ2) is 6.23. The van der Waals surface area contributed by atoms with Gasteiger partial charge in [-0.15, -0.1) is 0 Å². The molecule has 7 heteroatoms. The Morgan fingerprint density at radius 1 is 1.24 bits per heavy atom. The van der Waals surface area contributed by atoms with E-state index in [1.807, 2.05) is 0 Å². The molecule has 0 saturated carbocycles. The van der Waals surface area contributed by atoms with Gasteiger partial charge in [-0.05, 0) is 36.3 Å². The smallest absolute Gasteiger partial charge is 0.417 e. The minimum Gasteiger partial charge on any atom is -0.462 e. The third-order valence-electron chi connectivity index (χ3n) is 3.98. The van der Waals surface area contributed by atoms with Gasteiger partial charge < -0.3 is 9.72 Å².